The van der Waals surface area contributed by atoms with Gasteiger partial charge >= 0.3 is 0 Å². The molecule has 0 aliphatic carbocycles. The Morgan fingerprint density at radius 1 is 1.33 bits per heavy atom. The van der Waals surface area contributed by atoms with Crippen LogP contribution in [0.2, 0.25) is 0 Å². The van der Waals surface area contributed by atoms with Crippen molar-refractivity contribution < 1.29 is 9.59 Å². The molecule has 0 fully saturated rings. The molecule has 0 spiro atoms. The molecular formula is C11H22N2O2. The Labute approximate surface area is 91.6 Å². The van der Waals surface area contributed by atoms with Gasteiger partial charge in [-0.25, -0.2) is 0 Å². The Morgan fingerprint density at radius 2 is 1.87 bits per heavy atom. The van der Waals surface area contributed by atoms with E-state index in [9.17, 15) is 9.59 Å². The van der Waals surface area contributed by atoms with Crippen LogP contribution in [0.4, 0.5) is 0 Å². The van der Waals surface area contributed by atoms with Gasteiger partial charge in [0.2, 0.25) is 5.91 Å². The van der Waals surface area contributed by atoms with E-state index in [1.165, 1.54) is 0 Å². The number of rotatable bonds is 6. The molecular weight excluding hydrogens is 192 g/mol. The van der Waals surface area contributed by atoms with Crippen LogP contribution in [0.1, 0.15) is 34.1 Å². The van der Waals surface area contributed by atoms with Crippen molar-refractivity contribution in [2.75, 3.05) is 0 Å². The van der Waals surface area contributed by atoms with Crippen LogP contribution in [-0.4, -0.2) is 24.3 Å². The lowest BCUT2D eigenvalue weighted by Gasteiger charge is -2.19. The number of hydrogen-bond acceptors (Lipinski definition) is 3. The van der Waals surface area contributed by atoms with E-state index in [1.54, 1.807) is 0 Å². The molecule has 0 rings (SSSR count). The van der Waals surface area contributed by atoms with Gasteiger partial charge in [-0.3, -0.25) is 4.79 Å². The van der Waals surface area contributed by atoms with Crippen LogP contribution in [0.25, 0.3) is 0 Å². The van der Waals surface area contributed by atoms with Crippen molar-refractivity contribution in [1.82, 2.24) is 5.32 Å². The molecule has 0 radical (unpaired) electrons. The Kier molecular flexibility index (Phi) is 6.17. The zero-order valence-corrected chi connectivity index (χ0v) is 9.99. The van der Waals surface area contributed by atoms with Gasteiger partial charge in [-0.2, -0.15) is 0 Å². The maximum atomic E-state index is 11.5. The third-order valence-electron chi connectivity index (χ3n) is 2.24. The minimum atomic E-state index is -0.542. The fourth-order valence-electron chi connectivity index (χ4n) is 1.24. The summed E-state index contributed by atoms with van der Waals surface area (Å²) >= 11 is 0. The maximum absolute atomic E-state index is 11.5. The lowest BCUT2D eigenvalue weighted by molar-refractivity contribution is -0.126. The summed E-state index contributed by atoms with van der Waals surface area (Å²) in [7, 11) is 0. The zero-order chi connectivity index (χ0) is 12.0. The van der Waals surface area contributed by atoms with Gasteiger partial charge in [0, 0.05) is 0 Å². The second kappa shape index (κ2) is 6.56. The first-order valence-corrected chi connectivity index (χ1v) is 5.39. The monoisotopic (exact) mass is 214 g/mol. The summed E-state index contributed by atoms with van der Waals surface area (Å²) < 4.78 is 0. The van der Waals surface area contributed by atoms with Gasteiger partial charge in [-0.15, -0.1) is 0 Å². The molecule has 0 aromatic heterocycles. The van der Waals surface area contributed by atoms with Crippen LogP contribution in [0.3, 0.4) is 0 Å². The van der Waals surface area contributed by atoms with Gasteiger partial charge < -0.3 is 15.8 Å². The van der Waals surface area contributed by atoms with Crippen LogP contribution in [0.5, 0.6) is 0 Å². The average Bonchev–Trinajstić information content (AvgIpc) is 2.14. The van der Waals surface area contributed by atoms with Crippen LogP contribution in [0, 0.1) is 11.8 Å². The van der Waals surface area contributed by atoms with E-state index in [4.69, 9.17) is 5.73 Å². The molecule has 3 N–H and O–H groups in total. The maximum Gasteiger partial charge on any atom is 0.237 e. The highest BCUT2D eigenvalue weighted by Gasteiger charge is 2.20. The van der Waals surface area contributed by atoms with Crippen LogP contribution in [-0.2, 0) is 9.59 Å². The minimum absolute atomic E-state index is 0.0800. The highest BCUT2D eigenvalue weighted by atomic mass is 16.2. The number of hydrogen-bond donors (Lipinski definition) is 2. The summed E-state index contributed by atoms with van der Waals surface area (Å²) in [5, 5.41) is 2.65. The van der Waals surface area contributed by atoms with Gasteiger partial charge in [0.25, 0.3) is 0 Å². The second-order valence-electron chi connectivity index (χ2n) is 4.65. The smallest absolute Gasteiger partial charge is 0.237 e. The molecule has 1 amide bonds. The summed E-state index contributed by atoms with van der Waals surface area (Å²) in [5.74, 6) is 0.204. The summed E-state index contributed by atoms with van der Waals surface area (Å²) in [5.41, 5.74) is 5.67. The van der Waals surface area contributed by atoms with E-state index in [1.807, 2.05) is 27.7 Å². The summed E-state index contributed by atoms with van der Waals surface area (Å²) in [4.78, 5) is 22.3. The van der Waals surface area contributed by atoms with Gasteiger partial charge in [0.05, 0.1) is 12.1 Å². The highest BCUT2D eigenvalue weighted by molar-refractivity contribution is 5.84. The van der Waals surface area contributed by atoms with Gasteiger partial charge in [0.1, 0.15) is 6.29 Å². The van der Waals surface area contributed by atoms with E-state index in [2.05, 4.69) is 5.32 Å². The number of carbonyl (C=O) groups excluding carboxylic acids is 2. The molecule has 0 aromatic carbocycles. The molecule has 88 valence electrons. The van der Waals surface area contributed by atoms with Crippen LogP contribution in [0.15, 0.2) is 0 Å². The zero-order valence-electron chi connectivity index (χ0n) is 9.99. The van der Waals surface area contributed by atoms with E-state index in [0.29, 0.717) is 12.3 Å². The lowest BCUT2D eigenvalue weighted by atomic mass is 10.0. The van der Waals surface area contributed by atoms with Crippen molar-refractivity contribution in [3.05, 3.63) is 0 Å². The molecule has 0 aromatic rings. The van der Waals surface area contributed by atoms with E-state index >= 15 is 0 Å². The third-order valence-corrected chi connectivity index (χ3v) is 2.24. The minimum Gasteiger partial charge on any atom is -0.345 e. The molecule has 0 heterocycles. The lowest BCUT2D eigenvalue weighted by Crippen LogP contribution is -2.48. The SMILES string of the molecule is CC(C)CC(C=O)NC(=O)C(N)C(C)C. The van der Waals surface area contributed by atoms with Crippen molar-refractivity contribution in [3.8, 4) is 0 Å². The summed E-state index contributed by atoms with van der Waals surface area (Å²) in [6.07, 6.45) is 1.42. The van der Waals surface area contributed by atoms with Crippen molar-refractivity contribution in [2.45, 2.75) is 46.2 Å². The third kappa shape index (κ3) is 5.52. The number of aldehydes is 1. The largest absolute Gasteiger partial charge is 0.345 e. The predicted octanol–water partition coefficient (Wildman–Crippen LogP) is 0.700. The molecule has 2 unspecified atom stereocenters. The summed E-state index contributed by atoms with van der Waals surface area (Å²) in [6, 6.07) is -0.957. The molecule has 4 heteroatoms. The van der Waals surface area contributed by atoms with Gasteiger partial charge in [-0.1, -0.05) is 27.7 Å². The molecule has 15 heavy (non-hydrogen) atoms. The first-order valence-electron chi connectivity index (χ1n) is 5.39. The fraction of sp³-hybridized carbons (Fsp3) is 0.818. The van der Waals surface area contributed by atoms with Gasteiger partial charge in [0.15, 0.2) is 0 Å². The predicted molar refractivity (Wildman–Crippen MR) is 60.3 cm³/mol. The quantitative estimate of drug-likeness (QED) is 0.639. The number of carbonyl (C=O) groups is 2. The van der Waals surface area contributed by atoms with E-state index in [-0.39, 0.29) is 11.8 Å². The number of nitrogens with two attached hydrogens (primary N) is 1. The Morgan fingerprint density at radius 3 is 2.20 bits per heavy atom. The fourth-order valence-corrected chi connectivity index (χ4v) is 1.24. The average molecular weight is 214 g/mol. The molecule has 0 aliphatic heterocycles. The number of amides is 1. The van der Waals surface area contributed by atoms with Crippen molar-refractivity contribution in [2.24, 2.45) is 17.6 Å². The Hall–Kier alpha value is -0.900. The Balaban J connectivity index is 4.18. The topological polar surface area (TPSA) is 72.2 Å². The first kappa shape index (κ1) is 14.1. The van der Waals surface area contributed by atoms with Crippen molar-refractivity contribution >= 4 is 12.2 Å². The van der Waals surface area contributed by atoms with E-state index in [0.717, 1.165) is 6.29 Å². The van der Waals surface area contributed by atoms with Gasteiger partial charge in [-0.05, 0) is 18.3 Å². The second-order valence-corrected chi connectivity index (χ2v) is 4.65. The Bertz CT molecular complexity index is 215. The molecule has 0 saturated heterocycles. The van der Waals surface area contributed by atoms with E-state index < -0.39 is 12.1 Å². The summed E-state index contributed by atoms with van der Waals surface area (Å²) in [6.45, 7) is 7.77. The van der Waals surface area contributed by atoms with Crippen molar-refractivity contribution in [3.63, 3.8) is 0 Å². The molecule has 2 atom stereocenters. The van der Waals surface area contributed by atoms with Crippen molar-refractivity contribution in [1.29, 1.82) is 0 Å². The highest BCUT2D eigenvalue weighted by Crippen LogP contribution is 2.04. The molecule has 0 bridgehead atoms. The molecule has 4 nitrogen and oxygen atoms in total. The number of nitrogens with one attached hydrogen (secondary N) is 1. The molecule has 0 saturated carbocycles. The standard InChI is InChI=1S/C11H22N2O2/c1-7(2)5-9(6-14)13-11(15)10(12)8(3)4/h6-10H,5,12H2,1-4H3,(H,13,15). The normalized spacial score (nSPS) is 15.1. The van der Waals surface area contributed by atoms with Crippen LogP contribution < -0.4 is 11.1 Å². The first-order chi connectivity index (χ1) is 6.88. The van der Waals surface area contributed by atoms with Crippen LogP contribution >= 0.6 is 0 Å². The molecule has 0 aliphatic rings.